The predicted molar refractivity (Wildman–Crippen MR) is 106 cm³/mol. The van der Waals surface area contributed by atoms with Gasteiger partial charge in [0.25, 0.3) is 0 Å². The van der Waals surface area contributed by atoms with Gasteiger partial charge in [0.15, 0.2) is 5.82 Å². The van der Waals surface area contributed by atoms with Crippen LogP contribution in [0.5, 0.6) is 0 Å². The molecule has 0 bridgehead atoms. The number of rotatable bonds is 5. The Labute approximate surface area is 160 Å². The first-order valence-electron chi connectivity index (χ1n) is 8.39. The van der Waals surface area contributed by atoms with Crippen LogP contribution in [0.1, 0.15) is 24.8 Å². The van der Waals surface area contributed by atoms with Crippen molar-refractivity contribution in [2.45, 2.75) is 31.2 Å². The Hall–Kier alpha value is -1.60. The summed E-state index contributed by atoms with van der Waals surface area (Å²) < 4.78 is 1.03. The van der Waals surface area contributed by atoms with Gasteiger partial charge in [-0.15, -0.1) is 10.2 Å². The van der Waals surface area contributed by atoms with E-state index in [-0.39, 0.29) is 5.91 Å². The lowest BCUT2D eigenvalue weighted by molar-refractivity contribution is -0.113. The van der Waals surface area contributed by atoms with Crippen LogP contribution in [0.2, 0.25) is 0 Å². The van der Waals surface area contributed by atoms with Crippen molar-refractivity contribution in [1.29, 1.82) is 0 Å². The van der Waals surface area contributed by atoms with Gasteiger partial charge in [0.05, 0.1) is 5.75 Å². The first-order valence-corrected chi connectivity index (χ1v) is 10.2. The number of thioether (sulfide) groups is 1. The molecular weight excluding hydrogens is 400 g/mol. The van der Waals surface area contributed by atoms with Gasteiger partial charge in [0, 0.05) is 23.2 Å². The van der Waals surface area contributed by atoms with Crippen LogP contribution >= 0.6 is 27.7 Å². The second kappa shape index (κ2) is 8.67. The maximum Gasteiger partial charge on any atom is 0.234 e. The molecule has 1 aromatic carbocycles. The lowest BCUT2D eigenvalue weighted by Crippen LogP contribution is -2.30. The van der Waals surface area contributed by atoms with E-state index in [1.54, 1.807) is 0 Å². The first-order chi connectivity index (χ1) is 12.1. The highest BCUT2D eigenvalue weighted by Crippen LogP contribution is 2.22. The van der Waals surface area contributed by atoms with Crippen molar-refractivity contribution < 1.29 is 4.79 Å². The molecule has 1 aliphatic rings. The van der Waals surface area contributed by atoms with Crippen LogP contribution in [0.15, 0.2) is 39.8 Å². The first kappa shape index (κ1) is 18.2. The van der Waals surface area contributed by atoms with Crippen LogP contribution in [-0.2, 0) is 4.79 Å². The van der Waals surface area contributed by atoms with E-state index in [4.69, 9.17) is 0 Å². The molecule has 132 valence electrons. The van der Waals surface area contributed by atoms with Gasteiger partial charge >= 0.3 is 0 Å². The maximum absolute atomic E-state index is 12.1. The second-order valence-corrected chi connectivity index (χ2v) is 7.93. The fourth-order valence-corrected chi connectivity index (χ4v) is 3.60. The molecule has 1 saturated heterocycles. The minimum Gasteiger partial charge on any atom is -0.355 e. The Morgan fingerprint density at radius 3 is 2.68 bits per heavy atom. The van der Waals surface area contributed by atoms with E-state index in [9.17, 15) is 4.79 Å². The smallest absolute Gasteiger partial charge is 0.234 e. The predicted octanol–water partition coefficient (Wildman–Crippen LogP) is 4.27. The number of piperidine rings is 1. The quantitative estimate of drug-likeness (QED) is 0.731. The van der Waals surface area contributed by atoms with Gasteiger partial charge in [-0.3, -0.25) is 4.79 Å². The molecule has 0 radical (unpaired) electrons. The monoisotopic (exact) mass is 420 g/mol. The van der Waals surface area contributed by atoms with Crippen LogP contribution in [0.3, 0.4) is 0 Å². The van der Waals surface area contributed by atoms with E-state index in [1.165, 1.54) is 31.0 Å². The lowest BCUT2D eigenvalue weighted by atomic mass is 10.1. The number of hydrogen-bond donors (Lipinski definition) is 1. The van der Waals surface area contributed by atoms with Crippen molar-refractivity contribution in [3.05, 3.63) is 40.4 Å². The van der Waals surface area contributed by atoms with Crippen LogP contribution in [0, 0.1) is 6.92 Å². The minimum atomic E-state index is -0.0476. The summed E-state index contributed by atoms with van der Waals surface area (Å²) in [5.74, 6) is 1.19. The van der Waals surface area contributed by atoms with Crippen molar-refractivity contribution >= 4 is 45.1 Å². The highest BCUT2D eigenvalue weighted by molar-refractivity contribution is 9.10. The zero-order chi connectivity index (χ0) is 17.6. The summed E-state index contributed by atoms with van der Waals surface area (Å²) in [4.78, 5) is 14.4. The summed E-state index contributed by atoms with van der Waals surface area (Å²) in [6.45, 7) is 4.10. The number of nitrogens with zero attached hydrogens (tertiary/aromatic N) is 3. The molecule has 2 heterocycles. The molecule has 0 spiro atoms. The topological polar surface area (TPSA) is 58.1 Å². The fraction of sp³-hybridized carbons (Fsp3) is 0.389. The van der Waals surface area contributed by atoms with Crippen LogP contribution in [0.25, 0.3) is 0 Å². The number of anilines is 2. The van der Waals surface area contributed by atoms with Gasteiger partial charge in [-0.25, -0.2) is 0 Å². The molecule has 0 aliphatic carbocycles. The van der Waals surface area contributed by atoms with Crippen LogP contribution in [-0.4, -0.2) is 34.9 Å². The average molecular weight is 421 g/mol. The van der Waals surface area contributed by atoms with E-state index in [2.05, 4.69) is 36.3 Å². The molecule has 5 nitrogen and oxygen atoms in total. The van der Waals surface area contributed by atoms with Crippen molar-refractivity contribution in [1.82, 2.24) is 10.2 Å². The Balaban J connectivity index is 1.50. The SMILES string of the molecule is Cc1cc(NC(=O)CSc2ccc(N3CCCCC3)nn2)ccc1Br. The van der Waals surface area contributed by atoms with Crippen molar-refractivity contribution in [2.75, 3.05) is 29.1 Å². The lowest BCUT2D eigenvalue weighted by Gasteiger charge is -2.27. The van der Waals surface area contributed by atoms with Crippen molar-refractivity contribution in [3.8, 4) is 0 Å². The number of carbonyl (C=O) groups excluding carboxylic acids is 1. The van der Waals surface area contributed by atoms with E-state index >= 15 is 0 Å². The molecule has 7 heteroatoms. The summed E-state index contributed by atoms with van der Waals surface area (Å²) in [7, 11) is 0. The van der Waals surface area contributed by atoms with Gasteiger partial charge in [0.1, 0.15) is 5.03 Å². The van der Waals surface area contributed by atoms with Gasteiger partial charge in [0.2, 0.25) is 5.91 Å². The van der Waals surface area contributed by atoms with Crippen molar-refractivity contribution in [2.24, 2.45) is 0 Å². The number of nitrogens with one attached hydrogen (secondary N) is 1. The number of aryl methyl sites for hydroxylation is 1. The Kier molecular flexibility index (Phi) is 6.31. The molecular formula is C18H21BrN4OS. The Morgan fingerprint density at radius 2 is 2.00 bits per heavy atom. The largest absolute Gasteiger partial charge is 0.355 e. The summed E-state index contributed by atoms with van der Waals surface area (Å²) in [5, 5.41) is 12.2. The van der Waals surface area contributed by atoms with Crippen LogP contribution in [0.4, 0.5) is 11.5 Å². The normalized spacial score (nSPS) is 14.4. The highest BCUT2D eigenvalue weighted by atomic mass is 79.9. The molecule has 1 aromatic heterocycles. The fourth-order valence-electron chi connectivity index (χ4n) is 2.74. The number of hydrogen-bond acceptors (Lipinski definition) is 5. The molecule has 0 atom stereocenters. The molecule has 1 amide bonds. The number of carbonyl (C=O) groups is 1. The van der Waals surface area contributed by atoms with Gasteiger partial charge in [-0.2, -0.15) is 0 Å². The molecule has 0 saturated carbocycles. The average Bonchev–Trinajstić information content (AvgIpc) is 2.64. The molecule has 1 N–H and O–H groups in total. The van der Waals surface area contributed by atoms with Gasteiger partial charge in [-0.1, -0.05) is 27.7 Å². The standard InChI is InChI=1S/C18H21BrN4OS/c1-13-11-14(5-6-15(13)19)20-17(24)12-25-18-8-7-16(21-22-18)23-9-3-2-4-10-23/h5-8,11H,2-4,9-10,12H2,1H3,(H,20,24). The third-order valence-electron chi connectivity index (χ3n) is 4.10. The van der Waals surface area contributed by atoms with E-state index in [0.717, 1.165) is 39.7 Å². The zero-order valence-electron chi connectivity index (χ0n) is 14.2. The molecule has 1 fully saturated rings. The number of amides is 1. The van der Waals surface area contributed by atoms with Crippen molar-refractivity contribution in [3.63, 3.8) is 0 Å². The Morgan fingerprint density at radius 1 is 1.20 bits per heavy atom. The zero-order valence-corrected chi connectivity index (χ0v) is 16.6. The minimum absolute atomic E-state index is 0.0476. The second-order valence-electron chi connectivity index (χ2n) is 6.08. The summed E-state index contributed by atoms with van der Waals surface area (Å²) in [6, 6.07) is 9.70. The van der Waals surface area contributed by atoms with E-state index in [0.29, 0.717) is 5.75 Å². The van der Waals surface area contributed by atoms with Gasteiger partial charge in [-0.05, 0) is 62.1 Å². The molecule has 2 aromatic rings. The van der Waals surface area contributed by atoms with Crippen LogP contribution < -0.4 is 10.2 Å². The third kappa shape index (κ3) is 5.19. The summed E-state index contributed by atoms with van der Waals surface area (Å²) >= 11 is 4.85. The molecule has 25 heavy (non-hydrogen) atoms. The number of benzene rings is 1. The number of aromatic nitrogens is 2. The van der Waals surface area contributed by atoms with Gasteiger partial charge < -0.3 is 10.2 Å². The molecule has 0 unspecified atom stereocenters. The summed E-state index contributed by atoms with van der Waals surface area (Å²) in [6.07, 6.45) is 3.73. The number of halogens is 1. The maximum atomic E-state index is 12.1. The van der Waals surface area contributed by atoms with E-state index in [1.807, 2.05) is 37.3 Å². The van der Waals surface area contributed by atoms with E-state index < -0.39 is 0 Å². The summed E-state index contributed by atoms with van der Waals surface area (Å²) in [5.41, 5.74) is 1.89. The third-order valence-corrected chi connectivity index (χ3v) is 5.91. The Bertz CT molecular complexity index is 732. The molecule has 3 rings (SSSR count). The highest BCUT2D eigenvalue weighted by Gasteiger charge is 2.13. The molecule has 1 aliphatic heterocycles.